The van der Waals surface area contributed by atoms with Crippen molar-refractivity contribution in [1.82, 2.24) is 4.72 Å². The molecule has 2 aromatic carbocycles. The van der Waals surface area contributed by atoms with Gasteiger partial charge < -0.3 is 14.5 Å². The van der Waals surface area contributed by atoms with Crippen LogP contribution in [0.25, 0.3) is 0 Å². The molecule has 0 unspecified atom stereocenters. The molecule has 1 aliphatic heterocycles. The molecule has 158 valence electrons. The molecule has 6 nitrogen and oxygen atoms in total. The maximum Gasteiger partial charge on any atom is 0.240 e. The van der Waals surface area contributed by atoms with Crippen LogP contribution in [0.1, 0.15) is 24.4 Å². The largest absolute Gasteiger partial charge is 0.494 e. The van der Waals surface area contributed by atoms with Crippen LogP contribution in [-0.2, 0) is 10.0 Å². The molecule has 1 aliphatic rings. The van der Waals surface area contributed by atoms with E-state index in [0.29, 0.717) is 0 Å². The molecule has 3 rings (SSSR count). The molecule has 0 bridgehead atoms. The number of ether oxygens (including phenoxy) is 1. The summed E-state index contributed by atoms with van der Waals surface area (Å²) in [5.74, 6) is -0.680. The van der Waals surface area contributed by atoms with Crippen LogP contribution in [-0.4, -0.2) is 49.3 Å². The summed E-state index contributed by atoms with van der Waals surface area (Å²) in [6.07, 6.45) is 2.27. The summed E-state index contributed by atoms with van der Waals surface area (Å²) in [6, 6.07) is 11.9. The van der Waals surface area contributed by atoms with Gasteiger partial charge in [0, 0.05) is 38.2 Å². The van der Waals surface area contributed by atoms with E-state index in [9.17, 15) is 12.8 Å². The number of nitrogens with one attached hydrogen (secondary N) is 2. The number of halogens is 1. The predicted octanol–water partition coefficient (Wildman–Crippen LogP) is 1.60. The fourth-order valence-corrected chi connectivity index (χ4v) is 4.83. The fraction of sp³-hybridized carbons (Fsp3) is 0.429. The molecule has 0 radical (unpaired) electrons. The van der Waals surface area contributed by atoms with Crippen molar-refractivity contribution in [1.29, 1.82) is 0 Å². The van der Waals surface area contributed by atoms with Gasteiger partial charge in [-0.05, 0) is 30.3 Å². The SMILES string of the molecule is COc1ccc(S(=O)(=O)NC[C@@H](c2ccc(N(C)C)cc2)[NH+]2CCCC2)cc1F. The number of nitrogens with zero attached hydrogens (tertiary/aromatic N) is 1. The molecule has 2 aromatic rings. The second-order valence-corrected chi connectivity index (χ2v) is 9.32. The third-order valence-corrected chi connectivity index (χ3v) is 6.88. The Morgan fingerprint density at radius 1 is 1.14 bits per heavy atom. The number of methoxy groups -OCH3 is 1. The van der Waals surface area contributed by atoms with Crippen molar-refractivity contribution in [2.24, 2.45) is 0 Å². The Morgan fingerprint density at radius 3 is 2.34 bits per heavy atom. The first kappa shape index (κ1) is 21.5. The highest BCUT2D eigenvalue weighted by Crippen LogP contribution is 2.21. The summed E-state index contributed by atoms with van der Waals surface area (Å²) in [4.78, 5) is 3.29. The summed E-state index contributed by atoms with van der Waals surface area (Å²) in [5.41, 5.74) is 2.19. The van der Waals surface area contributed by atoms with Gasteiger partial charge in [-0.2, -0.15) is 0 Å². The third-order valence-electron chi connectivity index (χ3n) is 5.46. The molecule has 1 atom stereocenters. The second-order valence-electron chi connectivity index (χ2n) is 7.55. The van der Waals surface area contributed by atoms with Crippen molar-refractivity contribution in [3.63, 3.8) is 0 Å². The van der Waals surface area contributed by atoms with Gasteiger partial charge in [0.1, 0.15) is 6.04 Å². The Balaban J connectivity index is 1.80. The number of rotatable bonds is 8. The molecule has 0 spiro atoms. The van der Waals surface area contributed by atoms with Crippen molar-refractivity contribution < 1.29 is 22.4 Å². The van der Waals surface area contributed by atoms with Gasteiger partial charge in [-0.1, -0.05) is 12.1 Å². The van der Waals surface area contributed by atoms with Gasteiger partial charge in [0.25, 0.3) is 0 Å². The average molecular weight is 423 g/mol. The first-order valence-corrected chi connectivity index (χ1v) is 11.2. The van der Waals surface area contributed by atoms with Gasteiger partial charge in [0.05, 0.1) is 31.6 Å². The number of benzene rings is 2. The average Bonchev–Trinajstić information content (AvgIpc) is 3.23. The molecule has 1 saturated heterocycles. The molecule has 29 heavy (non-hydrogen) atoms. The van der Waals surface area contributed by atoms with Crippen molar-refractivity contribution in [2.75, 3.05) is 45.7 Å². The fourth-order valence-electron chi connectivity index (χ4n) is 3.77. The molecule has 0 aromatic heterocycles. The Labute approximate surface area is 172 Å². The quantitative estimate of drug-likeness (QED) is 0.678. The van der Waals surface area contributed by atoms with Crippen LogP contribution in [0.2, 0.25) is 0 Å². The van der Waals surface area contributed by atoms with E-state index >= 15 is 0 Å². The Bertz CT molecular complexity index is 927. The number of quaternary nitrogens is 1. The van der Waals surface area contributed by atoms with Gasteiger partial charge in [0.2, 0.25) is 10.0 Å². The monoisotopic (exact) mass is 422 g/mol. The summed E-state index contributed by atoms with van der Waals surface area (Å²) in [6.45, 7) is 2.28. The minimum atomic E-state index is -3.83. The highest BCUT2D eigenvalue weighted by Gasteiger charge is 2.29. The molecule has 0 saturated carbocycles. The standard InChI is InChI=1S/C21H28FN3O3S/c1-24(2)17-8-6-16(7-9-17)20(25-12-4-5-13-25)15-23-29(26,27)18-10-11-21(28-3)19(22)14-18/h6-11,14,20,23H,4-5,12-13,15H2,1-3H3/p+1/t20-/m0/s1. The van der Waals surface area contributed by atoms with Gasteiger partial charge in [-0.15, -0.1) is 0 Å². The van der Waals surface area contributed by atoms with Gasteiger partial charge in [0.15, 0.2) is 11.6 Å². The van der Waals surface area contributed by atoms with Crippen molar-refractivity contribution >= 4 is 15.7 Å². The first-order valence-electron chi connectivity index (χ1n) is 9.77. The van der Waals surface area contributed by atoms with E-state index in [1.165, 1.54) is 24.1 Å². The topological polar surface area (TPSA) is 63.1 Å². The van der Waals surface area contributed by atoms with Crippen LogP contribution in [0.3, 0.4) is 0 Å². The highest BCUT2D eigenvalue weighted by atomic mass is 32.2. The summed E-state index contributed by atoms with van der Waals surface area (Å²) >= 11 is 0. The molecule has 0 amide bonds. The Hall–Kier alpha value is -2.16. The van der Waals surface area contributed by atoms with E-state index in [0.717, 1.165) is 43.2 Å². The number of hydrogen-bond acceptors (Lipinski definition) is 4. The van der Waals surface area contributed by atoms with Crippen molar-refractivity contribution in [2.45, 2.75) is 23.8 Å². The molecular formula is C21H29FN3O3S+. The zero-order valence-electron chi connectivity index (χ0n) is 17.1. The van der Waals surface area contributed by atoms with E-state index in [4.69, 9.17) is 4.74 Å². The molecule has 2 N–H and O–H groups in total. The van der Waals surface area contributed by atoms with E-state index in [1.807, 2.05) is 31.1 Å². The molecule has 8 heteroatoms. The number of anilines is 1. The summed E-state index contributed by atoms with van der Waals surface area (Å²) in [5, 5.41) is 0. The lowest BCUT2D eigenvalue weighted by Gasteiger charge is -2.26. The number of sulfonamides is 1. The minimum absolute atomic E-state index is 0.00609. The minimum Gasteiger partial charge on any atom is -0.494 e. The zero-order valence-corrected chi connectivity index (χ0v) is 17.9. The normalized spacial score (nSPS) is 16.0. The van der Waals surface area contributed by atoms with Gasteiger partial charge >= 0.3 is 0 Å². The van der Waals surface area contributed by atoms with Crippen molar-refractivity contribution in [3.05, 3.63) is 53.8 Å². The third kappa shape index (κ3) is 5.07. The van der Waals surface area contributed by atoms with Crippen LogP contribution in [0.15, 0.2) is 47.4 Å². The lowest BCUT2D eigenvalue weighted by Crippen LogP contribution is -3.11. The smallest absolute Gasteiger partial charge is 0.240 e. The summed E-state index contributed by atoms with van der Waals surface area (Å²) in [7, 11) is 1.49. The lowest BCUT2D eigenvalue weighted by atomic mass is 10.1. The Kier molecular flexibility index (Phi) is 6.77. The van der Waals surface area contributed by atoms with Crippen molar-refractivity contribution in [3.8, 4) is 5.75 Å². The maximum atomic E-state index is 14.0. The van der Waals surface area contributed by atoms with Crippen LogP contribution < -0.4 is 19.3 Å². The second kappa shape index (κ2) is 9.11. The van der Waals surface area contributed by atoms with Gasteiger partial charge in [-0.3, -0.25) is 0 Å². The predicted molar refractivity (Wildman–Crippen MR) is 112 cm³/mol. The lowest BCUT2D eigenvalue weighted by molar-refractivity contribution is -0.918. The van der Waals surface area contributed by atoms with Crippen LogP contribution in [0.5, 0.6) is 5.75 Å². The highest BCUT2D eigenvalue weighted by molar-refractivity contribution is 7.89. The zero-order chi connectivity index (χ0) is 21.0. The van der Waals surface area contributed by atoms with E-state index in [1.54, 1.807) is 0 Å². The number of hydrogen-bond donors (Lipinski definition) is 2. The van der Waals surface area contributed by atoms with E-state index in [-0.39, 0.29) is 23.2 Å². The molecular weight excluding hydrogens is 393 g/mol. The number of likely N-dealkylation sites (tertiary alicyclic amines) is 1. The van der Waals surface area contributed by atoms with E-state index < -0.39 is 15.8 Å². The first-order chi connectivity index (χ1) is 13.8. The van der Waals surface area contributed by atoms with Crippen LogP contribution >= 0.6 is 0 Å². The maximum absolute atomic E-state index is 14.0. The van der Waals surface area contributed by atoms with Crippen LogP contribution in [0, 0.1) is 5.82 Å². The Morgan fingerprint density at radius 2 is 1.79 bits per heavy atom. The van der Waals surface area contributed by atoms with E-state index in [2.05, 4.69) is 16.9 Å². The molecule has 1 fully saturated rings. The molecule has 1 heterocycles. The summed E-state index contributed by atoms with van der Waals surface area (Å²) < 4.78 is 47.0. The molecule has 0 aliphatic carbocycles. The van der Waals surface area contributed by atoms with Crippen LogP contribution in [0.4, 0.5) is 10.1 Å². The van der Waals surface area contributed by atoms with Gasteiger partial charge in [-0.25, -0.2) is 17.5 Å².